The molecule has 0 heterocycles. The Balaban J connectivity index is 2.67. The molecule has 118 valence electrons. The molecule has 0 aromatic heterocycles. The quantitative estimate of drug-likeness (QED) is 0.518. The van der Waals surface area contributed by atoms with Crippen LogP contribution in [0.3, 0.4) is 0 Å². The van der Waals surface area contributed by atoms with Gasteiger partial charge in [0.05, 0.1) is 37.4 Å². The molecule has 21 heavy (non-hydrogen) atoms. The summed E-state index contributed by atoms with van der Waals surface area (Å²) < 4.78 is 0. The first kappa shape index (κ1) is 16.4. The number of hydrogen-bond donors (Lipinski definition) is 5. The maximum Gasteiger partial charge on any atom is 0.0986 e. The highest BCUT2D eigenvalue weighted by Crippen LogP contribution is 2.56. The van der Waals surface area contributed by atoms with Crippen LogP contribution in [0.4, 0.5) is 0 Å². The fourth-order valence-corrected chi connectivity index (χ4v) is 3.98. The monoisotopic (exact) mass is 296 g/mol. The number of rotatable bonds is 5. The Kier molecular flexibility index (Phi) is 4.70. The van der Waals surface area contributed by atoms with E-state index in [1.54, 1.807) is 0 Å². The summed E-state index contributed by atoms with van der Waals surface area (Å²) in [7, 11) is 0. The summed E-state index contributed by atoms with van der Waals surface area (Å²) in [5.74, 6) is 0. The zero-order valence-corrected chi connectivity index (χ0v) is 12.1. The molecule has 1 saturated carbocycles. The number of aliphatic hydroxyl groups excluding tert-OH is 4. The van der Waals surface area contributed by atoms with E-state index >= 15 is 0 Å². The average molecular weight is 296 g/mol. The summed E-state index contributed by atoms with van der Waals surface area (Å²) in [6.07, 6.45) is 1.39. The van der Waals surface area contributed by atoms with Crippen molar-refractivity contribution in [2.75, 3.05) is 26.4 Å². The van der Waals surface area contributed by atoms with E-state index in [0.717, 1.165) is 5.56 Å². The zero-order chi connectivity index (χ0) is 15.6. The second-order valence-corrected chi connectivity index (χ2v) is 6.05. The van der Waals surface area contributed by atoms with Crippen LogP contribution in [0, 0.1) is 5.41 Å². The topological polar surface area (TPSA) is 101 Å². The standard InChI is InChI=1S/C16H24O5/c17-9-14(13-5-2-1-3-6-13)7-4-8-16(21,12-20)15(14,10-18)11-19/h1-3,5-6,17-21H,4,7-12H2. The van der Waals surface area contributed by atoms with Crippen LogP contribution in [0.15, 0.2) is 30.3 Å². The van der Waals surface area contributed by atoms with Crippen LogP contribution in [0.25, 0.3) is 0 Å². The van der Waals surface area contributed by atoms with Crippen molar-refractivity contribution in [3.63, 3.8) is 0 Å². The van der Waals surface area contributed by atoms with Gasteiger partial charge in [0.1, 0.15) is 0 Å². The van der Waals surface area contributed by atoms with Crippen molar-refractivity contribution in [3.05, 3.63) is 35.9 Å². The molecule has 2 rings (SSSR count). The van der Waals surface area contributed by atoms with Crippen LogP contribution in [0.1, 0.15) is 24.8 Å². The van der Waals surface area contributed by atoms with Gasteiger partial charge in [0.15, 0.2) is 0 Å². The minimum absolute atomic E-state index is 0.277. The molecule has 5 heteroatoms. The van der Waals surface area contributed by atoms with Gasteiger partial charge in [-0.2, -0.15) is 0 Å². The van der Waals surface area contributed by atoms with Gasteiger partial charge >= 0.3 is 0 Å². The highest BCUT2D eigenvalue weighted by molar-refractivity contribution is 5.33. The molecule has 5 nitrogen and oxygen atoms in total. The Morgan fingerprint density at radius 2 is 1.43 bits per heavy atom. The first-order valence-electron chi connectivity index (χ1n) is 7.27. The van der Waals surface area contributed by atoms with E-state index in [9.17, 15) is 25.5 Å². The third-order valence-corrected chi connectivity index (χ3v) is 5.40. The fraction of sp³-hybridized carbons (Fsp3) is 0.625. The van der Waals surface area contributed by atoms with E-state index < -0.39 is 36.3 Å². The molecule has 0 bridgehead atoms. The minimum Gasteiger partial charge on any atom is -0.396 e. The minimum atomic E-state index is -1.63. The van der Waals surface area contributed by atoms with Gasteiger partial charge in [-0.25, -0.2) is 0 Å². The predicted molar refractivity (Wildman–Crippen MR) is 77.7 cm³/mol. The molecule has 0 spiro atoms. The van der Waals surface area contributed by atoms with Crippen LogP contribution < -0.4 is 0 Å². The third-order valence-electron chi connectivity index (χ3n) is 5.40. The molecule has 0 amide bonds. The molecule has 0 aliphatic heterocycles. The summed E-state index contributed by atoms with van der Waals surface area (Å²) in [5.41, 5.74) is -3.27. The average Bonchev–Trinajstić information content (AvgIpc) is 2.55. The lowest BCUT2D eigenvalue weighted by atomic mass is 9.48. The van der Waals surface area contributed by atoms with Crippen LogP contribution in [0.2, 0.25) is 0 Å². The molecule has 2 atom stereocenters. The molecule has 0 saturated heterocycles. The first-order chi connectivity index (χ1) is 10.1. The van der Waals surface area contributed by atoms with Crippen molar-refractivity contribution in [1.29, 1.82) is 0 Å². The Hall–Kier alpha value is -0.980. The van der Waals surface area contributed by atoms with Crippen molar-refractivity contribution >= 4 is 0 Å². The van der Waals surface area contributed by atoms with Crippen LogP contribution >= 0.6 is 0 Å². The van der Waals surface area contributed by atoms with Crippen molar-refractivity contribution in [2.45, 2.75) is 30.3 Å². The number of hydrogen-bond acceptors (Lipinski definition) is 5. The van der Waals surface area contributed by atoms with Crippen molar-refractivity contribution in [3.8, 4) is 0 Å². The van der Waals surface area contributed by atoms with Gasteiger partial charge in [0, 0.05) is 5.41 Å². The van der Waals surface area contributed by atoms with Gasteiger partial charge in [-0.3, -0.25) is 0 Å². The van der Waals surface area contributed by atoms with Crippen LogP contribution in [-0.4, -0.2) is 57.6 Å². The molecule has 5 N–H and O–H groups in total. The second kappa shape index (κ2) is 6.02. The van der Waals surface area contributed by atoms with E-state index in [4.69, 9.17) is 0 Å². The Morgan fingerprint density at radius 1 is 0.810 bits per heavy atom. The summed E-state index contributed by atoms with van der Waals surface area (Å²) in [5, 5.41) is 50.6. The van der Waals surface area contributed by atoms with Crippen LogP contribution in [-0.2, 0) is 5.41 Å². The lowest BCUT2D eigenvalue weighted by molar-refractivity contribution is -0.220. The molecule has 1 aliphatic rings. The molecular formula is C16H24O5. The van der Waals surface area contributed by atoms with Gasteiger partial charge in [0.25, 0.3) is 0 Å². The lowest BCUT2D eigenvalue weighted by Gasteiger charge is -2.59. The third kappa shape index (κ3) is 2.12. The fourth-order valence-electron chi connectivity index (χ4n) is 3.98. The summed E-state index contributed by atoms with van der Waals surface area (Å²) in [4.78, 5) is 0. The maximum atomic E-state index is 10.8. The van der Waals surface area contributed by atoms with Crippen molar-refractivity contribution in [2.24, 2.45) is 5.41 Å². The highest BCUT2D eigenvalue weighted by atomic mass is 16.3. The van der Waals surface area contributed by atoms with E-state index in [1.165, 1.54) is 0 Å². The van der Waals surface area contributed by atoms with E-state index in [2.05, 4.69) is 0 Å². The zero-order valence-electron chi connectivity index (χ0n) is 12.1. The van der Waals surface area contributed by atoms with Gasteiger partial charge in [-0.1, -0.05) is 30.3 Å². The molecule has 1 aliphatic carbocycles. The molecule has 2 unspecified atom stereocenters. The normalized spacial score (nSPS) is 32.0. The molecular weight excluding hydrogens is 272 g/mol. The summed E-state index contributed by atoms with van der Waals surface area (Å²) in [6.45, 7) is -1.92. The first-order valence-corrected chi connectivity index (χ1v) is 7.27. The molecule has 1 aromatic rings. The van der Waals surface area contributed by atoms with Gasteiger partial charge < -0.3 is 25.5 Å². The molecule has 0 radical (unpaired) electrons. The largest absolute Gasteiger partial charge is 0.396 e. The van der Waals surface area contributed by atoms with Crippen molar-refractivity contribution in [1.82, 2.24) is 0 Å². The summed E-state index contributed by atoms with van der Waals surface area (Å²) >= 11 is 0. The maximum absolute atomic E-state index is 10.8. The Labute approximate surface area is 124 Å². The lowest BCUT2D eigenvalue weighted by Crippen LogP contribution is -2.69. The summed E-state index contributed by atoms with van der Waals surface area (Å²) in [6, 6.07) is 9.12. The predicted octanol–water partition coefficient (Wildman–Crippen LogP) is -0.205. The smallest absolute Gasteiger partial charge is 0.0986 e. The SMILES string of the molecule is OCC1(O)CCCC(CO)(c2ccccc2)C1(CO)CO. The van der Waals surface area contributed by atoms with Gasteiger partial charge in [-0.05, 0) is 24.8 Å². The van der Waals surface area contributed by atoms with Gasteiger partial charge in [0.2, 0.25) is 0 Å². The number of aliphatic hydroxyl groups is 5. The number of benzene rings is 1. The highest BCUT2D eigenvalue weighted by Gasteiger charge is 2.64. The second-order valence-electron chi connectivity index (χ2n) is 6.05. The molecule has 1 fully saturated rings. The molecule has 1 aromatic carbocycles. The van der Waals surface area contributed by atoms with E-state index in [1.807, 2.05) is 30.3 Å². The van der Waals surface area contributed by atoms with E-state index in [-0.39, 0.29) is 13.0 Å². The Bertz CT molecular complexity index is 459. The van der Waals surface area contributed by atoms with Crippen LogP contribution in [0.5, 0.6) is 0 Å². The van der Waals surface area contributed by atoms with Gasteiger partial charge in [-0.15, -0.1) is 0 Å². The van der Waals surface area contributed by atoms with E-state index in [0.29, 0.717) is 12.8 Å². The van der Waals surface area contributed by atoms with Crippen molar-refractivity contribution < 1.29 is 25.5 Å². The Morgan fingerprint density at radius 3 is 1.90 bits per heavy atom.